The van der Waals surface area contributed by atoms with Crippen LogP contribution in [0.15, 0.2) is 53.9 Å². The van der Waals surface area contributed by atoms with Crippen molar-refractivity contribution in [2.75, 3.05) is 5.75 Å². The molecule has 24 heavy (non-hydrogen) atoms. The molecule has 0 aliphatic carbocycles. The van der Waals surface area contributed by atoms with E-state index >= 15 is 0 Å². The number of Topliss-reactive ketones (excluding diaryl/α,β-unsaturated/α-hetero) is 1. The zero-order chi connectivity index (χ0) is 16.9. The number of aromatic nitrogens is 4. The van der Waals surface area contributed by atoms with E-state index in [1.165, 1.54) is 17.3 Å². The van der Waals surface area contributed by atoms with Crippen LogP contribution in [-0.2, 0) is 4.79 Å². The van der Waals surface area contributed by atoms with Crippen molar-refractivity contribution in [3.63, 3.8) is 0 Å². The number of pyridine rings is 1. The number of thioether (sulfide) groups is 1. The number of hydrogen-bond donors (Lipinski definition) is 0. The molecule has 1 aromatic carbocycles. The molecule has 2 heterocycles. The van der Waals surface area contributed by atoms with Gasteiger partial charge in [0.2, 0.25) is 0 Å². The van der Waals surface area contributed by atoms with Crippen LogP contribution in [0.5, 0.6) is 0 Å². The molecular weight excluding hydrogens is 320 g/mol. The third kappa shape index (κ3) is 3.54. The van der Waals surface area contributed by atoms with Crippen molar-refractivity contribution in [3.8, 4) is 17.1 Å². The Morgan fingerprint density at radius 1 is 1.08 bits per heavy atom. The molecule has 0 atom stereocenters. The first-order chi connectivity index (χ1) is 11.7. The predicted octanol–water partition coefficient (Wildman–Crippen LogP) is 3.71. The standard InChI is InChI=1S/C18H18N4OS/c1-3-16(23)12-24-18-21-20-17(14-8-10-19-11-9-14)22(18)15-6-4-13(2)5-7-15/h4-11H,3,12H2,1-2H3. The lowest BCUT2D eigenvalue weighted by Gasteiger charge is -2.10. The highest BCUT2D eigenvalue weighted by atomic mass is 32.2. The SMILES string of the molecule is CCC(=O)CSc1nnc(-c2ccncc2)n1-c1ccc(C)cc1. The molecule has 0 spiro atoms. The topological polar surface area (TPSA) is 60.7 Å². The number of ketones is 1. The summed E-state index contributed by atoms with van der Waals surface area (Å²) in [6.45, 7) is 3.92. The van der Waals surface area contributed by atoms with Crippen LogP contribution in [0, 0.1) is 6.92 Å². The largest absolute Gasteiger partial charge is 0.299 e. The van der Waals surface area contributed by atoms with Gasteiger partial charge in [-0.25, -0.2) is 0 Å². The number of carbonyl (C=O) groups excluding carboxylic acids is 1. The molecule has 5 nitrogen and oxygen atoms in total. The Kier molecular flexibility index (Phi) is 5.05. The van der Waals surface area contributed by atoms with Gasteiger partial charge >= 0.3 is 0 Å². The van der Waals surface area contributed by atoms with Gasteiger partial charge in [0, 0.05) is 30.1 Å². The molecule has 3 rings (SSSR count). The van der Waals surface area contributed by atoms with Crippen molar-refractivity contribution in [1.29, 1.82) is 0 Å². The lowest BCUT2D eigenvalue weighted by atomic mass is 10.2. The number of carbonyl (C=O) groups is 1. The molecule has 0 fully saturated rings. The summed E-state index contributed by atoms with van der Waals surface area (Å²) in [6, 6.07) is 12.0. The van der Waals surface area contributed by atoms with Gasteiger partial charge in [0.1, 0.15) is 5.78 Å². The Labute approximate surface area is 145 Å². The van der Waals surface area contributed by atoms with Crippen LogP contribution in [0.4, 0.5) is 0 Å². The maximum Gasteiger partial charge on any atom is 0.196 e. The minimum atomic E-state index is 0.198. The highest BCUT2D eigenvalue weighted by Gasteiger charge is 2.16. The van der Waals surface area contributed by atoms with E-state index in [1.54, 1.807) is 12.4 Å². The average Bonchev–Trinajstić information content (AvgIpc) is 3.05. The molecule has 3 aromatic rings. The number of nitrogens with zero attached hydrogens (tertiary/aromatic N) is 4. The van der Waals surface area contributed by atoms with Crippen LogP contribution in [0.2, 0.25) is 0 Å². The average molecular weight is 338 g/mol. The second kappa shape index (κ2) is 7.40. The van der Waals surface area contributed by atoms with Crippen LogP contribution in [0.3, 0.4) is 0 Å². The van der Waals surface area contributed by atoms with Gasteiger partial charge in [0.05, 0.1) is 5.75 Å². The minimum absolute atomic E-state index is 0.198. The summed E-state index contributed by atoms with van der Waals surface area (Å²) in [5.74, 6) is 1.34. The van der Waals surface area contributed by atoms with Gasteiger partial charge in [0.25, 0.3) is 0 Å². The quantitative estimate of drug-likeness (QED) is 0.641. The summed E-state index contributed by atoms with van der Waals surface area (Å²) in [6.07, 6.45) is 4.00. The van der Waals surface area contributed by atoms with Crippen molar-refractivity contribution in [2.45, 2.75) is 25.4 Å². The second-order valence-electron chi connectivity index (χ2n) is 5.39. The van der Waals surface area contributed by atoms with Crippen LogP contribution < -0.4 is 0 Å². The molecular formula is C18H18N4OS. The Hall–Kier alpha value is -2.47. The van der Waals surface area contributed by atoms with Crippen LogP contribution in [-0.4, -0.2) is 31.3 Å². The van der Waals surface area contributed by atoms with E-state index in [4.69, 9.17) is 0 Å². The zero-order valence-corrected chi connectivity index (χ0v) is 14.5. The van der Waals surface area contributed by atoms with Crippen LogP contribution in [0.25, 0.3) is 17.1 Å². The van der Waals surface area contributed by atoms with Crippen molar-refractivity contribution in [2.24, 2.45) is 0 Å². The van der Waals surface area contributed by atoms with Crippen LogP contribution in [0.1, 0.15) is 18.9 Å². The van der Waals surface area contributed by atoms with Crippen molar-refractivity contribution in [1.82, 2.24) is 19.7 Å². The highest BCUT2D eigenvalue weighted by Crippen LogP contribution is 2.27. The molecule has 6 heteroatoms. The fourth-order valence-electron chi connectivity index (χ4n) is 2.23. The van der Waals surface area contributed by atoms with E-state index in [2.05, 4.69) is 34.2 Å². The molecule has 0 saturated heterocycles. The normalized spacial score (nSPS) is 10.8. The first kappa shape index (κ1) is 16.4. The fraction of sp³-hybridized carbons (Fsp3) is 0.222. The van der Waals surface area contributed by atoms with E-state index in [0.717, 1.165) is 17.1 Å². The summed E-state index contributed by atoms with van der Waals surface area (Å²) in [4.78, 5) is 15.7. The van der Waals surface area contributed by atoms with Gasteiger partial charge < -0.3 is 0 Å². The molecule has 122 valence electrons. The van der Waals surface area contributed by atoms with E-state index in [1.807, 2.05) is 35.8 Å². The van der Waals surface area contributed by atoms with Gasteiger partial charge in [0.15, 0.2) is 11.0 Å². The smallest absolute Gasteiger partial charge is 0.196 e. The number of hydrogen-bond acceptors (Lipinski definition) is 5. The lowest BCUT2D eigenvalue weighted by molar-refractivity contribution is -0.116. The summed E-state index contributed by atoms with van der Waals surface area (Å²) in [5.41, 5.74) is 3.10. The van der Waals surface area contributed by atoms with Crippen molar-refractivity contribution < 1.29 is 4.79 Å². The summed E-state index contributed by atoms with van der Waals surface area (Å²) in [5, 5.41) is 9.36. The molecule has 0 N–H and O–H groups in total. The molecule has 0 amide bonds. The van der Waals surface area contributed by atoms with Gasteiger partial charge in [-0.3, -0.25) is 14.3 Å². The number of rotatable bonds is 6. The second-order valence-corrected chi connectivity index (χ2v) is 6.34. The Morgan fingerprint density at radius 3 is 2.46 bits per heavy atom. The van der Waals surface area contributed by atoms with Gasteiger partial charge in [-0.2, -0.15) is 0 Å². The minimum Gasteiger partial charge on any atom is -0.299 e. The Balaban J connectivity index is 2.05. The molecule has 0 unspecified atom stereocenters. The molecule has 0 aliphatic heterocycles. The molecule has 0 bridgehead atoms. The summed E-state index contributed by atoms with van der Waals surface area (Å²) in [7, 11) is 0. The van der Waals surface area contributed by atoms with Gasteiger partial charge in [-0.05, 0) is 31.2 Å². The van der Waals surface area contributed by atoms with Gasteiger partial charge in [-0.1, -0.05) is 36.4 Å². The zero-order valence-electron chi connectivity index (χ0n) is 13.6. The fourth-order valence-corrected chi connectivity index (χ4v) is 3.14. The van der Waals surface area contributed by atoms with Gasteiger partial charge in [-0.15, -0.1) is 10.2 Å². The van der Waals surface area contributed by atoms with E-state index in [-0.39, 0.29) is 5.78 Å². The Bertz CT molecular complexity index is 828. The first-order valence-corrected chi connectivity index (χ1v) is 8.75. The molecule has 0 aliphatic rings. The molecule has 2 aromatic heterocycles. The van der Waals surface area contributed by atoms with Crippen molar-refractivity contribution >= 4 is 17.5 Å². The number of aryl methyl sites for hydroxylation is 1. The molecule has 0 saturated carbocycles. The van der Waals surface area contributed by atoms with E-state index < -0.39 is 0 Å². The van der Waals surface area contributed by atoms with Crippen molar-refractivity contribution in [3.05, 3.63) is 54.4 Å². The number of benzene rings is 1. The molecule has 0 radical (unpaired) electrons. The van der Waals surface area contributed by atoms with Crippen LogP contribution >= 0.6 is 11.8 Å². The maximum atomic E-state index is 11.7. The van der Waals surface area contributed by atoms with E-state index in [9.17, 15) is 4.79 Å². The summed E-state index contributed by atoms with van der Waals surface area (Å²) < 4.78 is 1.99. The highest BCUT2D eigenvalue weighted by molar-refractivity contribution is 7.99. The first-order valence-electron chi connectivity index (χ1n) is 7.76. The third-order valence-corrected chi connectivity index (χ3v) is 4.61. The lowest BCUT2D eigenvalue weighted by Crippen LogP contribution is -2.03. The monoisotopic (exact) mass is 338 g/mol. The summed E-state index contributed by atoms with van der Waals surface area (Å²) >= 11 is 1.42. The predicted molar refractivity (Wildman–Crippen MR) is 95.3 cm³/mol. The maximum absolute atomic E-state index is 11.7. The van der Waals surface area contributed by atoms with E-state index in [0.29, 0.717) is 17.3 Å². The Morgan fingerprint density at radius 2 is 1.79 bits per heavy atom. The third-order valence-electron chi connectivity index (χ3n) is 3.62.